The maximum atomic E-state index is 11.6. The number of nitrogens with one attached hydrogen (secondary N) is 1. The maximum Gasteiger partial charge on any atom is 0.345 e. The van der Waals surface area contributed by atoms with Crippen molar-refractivity contribution in [3.8, 4) is 0 Å². The second-order valence-electron chi connectivity index (χ2n) is 3.82. The Morgan fingerprint density at radius 1 is 1.32 bits per heavy atom. The second kappa shape index (κ2) is 6.13. The van der Waals surface area contributed by atoms with Crippen LogP contribution in [0.25, 0.3) is 0 Å². The van der Waals surface area contributed by atoms with Crippen LogP contribution in [0.15, 0.2) is 12.1 Å². The third kappa shape index (κ3) is 4.30. The van der Waals surface area contributed by atoms with Crippen LogP contribution in [0.2, 0.25) is 0 Å². The molecule has 0 fully saturated rings. The highest BCUT2D eigenvalue weighted by atomic mass is 32.2. The molecule has 0 aliphatic heterocycles. The number of sulfonamides is 1. The third-order valence-electron chi connectivity index (χ3n) is 2.24. The molecule has 2 N–H and O–H groups in total. The van der Waals surface area contributed by atoms with E-state index < -0.39 is 21.9 Å². The number of carboxylic acids is 1. The second-order valence-corrected chi connectivity index (χ2v) is 7.21. The van der Waals surface area contributed by atoms with Gasteiger partial charge in [-0.3, -0.25) is 4.79 Å². The predicted octanol–water partition coefficient (Wildman–Crippen LogP) is 0.0675. The summed E-state index contributed by atoms with van der Waals surface area (Å²) in [6, 6.07) is 2.72. The van der Waals surface area contributed by atoms with E-state index in [1.807, 2.05) is 0 Å². The Morgan fingerprint density at radius 2 is 1.89 bits per heavy atom. The van der Waals surface area contributed by atoms with Crippen LogP contribution >= 0.6 is 11.3 Å². The first kappa shape index (κ1) is 15.6. The van der Waals surface area contributed by atoms with E-state index in [0.29, 0.717) is 0 Å². The van der Waals surface area contributed by atoms with Gasteiger partial charge < -0.3 is 10.4 Å². The lowest BCUT2D eigenvalue weighted by Crippen LogP contribution is -2.33. The summed E-state index contributed by atoms with van der Waals surface area (Å²) >= 11 is 0.842. The van der Waals surface area contributed by atoms with Crippen molar-refractivity contribution in [1.29, 1.82) is 0 Å². The Labute approximate surface area is 114 Å². The molecule has 0 aliphatic rings. The molecule has 0 unspecified atom stereocenters. The summed E-state index contributed by atoms with van der Waals surface area (Å²) < 4.78 is 24.0. The Balaban J connectivity index is 2.54. The topological polar surface area (TPSA) is 104 Å². The molecule has 7 nitrogen and oxygen atoms in total. The first-order valence-electron chi connectivity index (χ1n) is 5.25. The minimum atomic E-state index is -3.36. The van der Waals surface area contributed by atoms with Gasteiger partial charge >= 0.3 is 5.97 Å². The standard InChI is InChI=1S/C10H14N2O5S2/c1-12(2)19(16,17)6-5-11-9(13)7-3-4-8(18-7)10(14)15/h3-4H,5-6H2,1-2H3,(H,11,13)(H,14,15). The van der Waals surface area contributed by atoms with Gasteiger partial charge in [-0.05, 0) is 12.1 Å². The minimum absolute atomic E-state index is 0.0281. The summed E-state index contributed by atoms with van der Waals surface area (Å²) in [5.74, 6) is -1.78. The van der Waals surface area contributed by atoms with Gasteiger partial charge in [0.05, 0.1) is 10.6 Å². The number of carbonyl (C=O) groups is 2. The van der Waals surface area contributed by atoms with Gasteiger partial charge in [0, 0.05) is 20.6 Å². The van der Waals surface area contributed by atoms with Crippen LogP contribution in [0, 0.1) is 0 Å². The first-order valence-corrected chi connectivity index (χ1v) is 7.68. The monoisotopic (exact) mass is 306 g/mol. The van der Waals surface area contributed by atoms with Gasteiger partial charge in [0.15, 0.2) is 0 Å². The van der Waals surface area contributed by atoms with Crippen molar-refractivity contribution in [3.05, 3.63) is 21.9 Å². The molecule has 1 amide bonds. The molecule has 106 valence electrons. The normalized spacial score (nSPS) is 11.5. The quantitative estimate of drug-likeness (QED) is 0.774. The van der Waals surface area contributed by atoms with E-state index >= 15 is 0 Å². The van der Waals surface area contributed by atoms with Crippen LogP contribution in [0.3, 0.4) is 0 Å². The van der Waals surface area contributed by atoms with E-state index in [1.165, 1.54) is 26.2 Å². The first-order chi connectivity index (χ1) is 8.74. The van der Waals surface area contributed by atoms with Crippen LogP contribution in [-0.4, -0.2) is 56.1 Å². The summed E-state index contributed by atoms with van der Waals surface area (Å²) in [4.78, 5) is 22.6. The lowest BCUT2D eigenvalue weighted by Gasteiger charge is -2.11. The van der Waals surface area contributed by atoms with Gasteiger partial charge in [-0.2, -0.15) is 0 Å². The Morgan fingerprint density at radius 3 is 2.37 bits per heavy atom. The van der Waals surface area contributed by atoms with Crippen molar-refractivity contribution in [3.63, 3.8) is 0 Å². The fraction of sp³-hybridized carbons (Fsp3) is 0.400. The fourth-order valence-corrected chi connectivity index (χ4v) is 2.62. The van der Waals surface area contributed by atoms with Crippen LogP contribution in [0.4, 0.5) is 0 Å². The highest BCUT2D eigenvalue weighted by Gasteiger charge is 2.16. The number of carboxylic acid groups (broad SMARTS) is 1. The SMILES string of the molecule is CN(C)S(=O)(=O)CCNC(=O)c1ccc(C(=O)O)s1. The molecule has 0 aliphatic carbocycles. The van der Waals surface area contributed by atoms with Gasteiger partial charge in [0.1, 0.15) is 4.88 Å². The zero-order valence-corrected chi connectivity index (χ0v) is 12.0. The van der Waals surface area contributed by atoms with E-state index in [4.69, 9.17) is 5.11 Å². The zero-order valence-electron chi connectivity index (χ0n) is 10.4. The molecule has 9 heteroatoms. The molecule has 1 aromatic heterocycles. The lowest BCUT2D eigenvalue weighted by atomic mass is 10.4. The van der Waals surface area contributed by atoms with Crippen LogP contribution in [0.1, 0.15) is 19.3 Å². The van der Waals surface area contributed by atoms with Crippen LogP contribution in [-0.2, 0) is 10.0 Å². The van der Waals surface area contributed by atoms with Crippen molar-refractivity contribution in [2.75, 3.05) is 26.4 Å². The summed E-state index contributed by atoms with van der Waals surface area (Å²) in [5.41, 5.74) is 0. The fourth-order valence-electron chi connectivity index (χ4n) is 1.14. The average Bonchev–Trinajstić information content (AvgIpc) is 2.77. The molecule has 0 bridgehead atoms. The molecular formula is C10H14N2O5S2. The molecular weight excluding hydrogens is 292 g/mol. The van der Waals surface area contributed by atoms with Crippen molar-refractivity contribution >= 4 is 33.2 Å². The Bertz CT molecular complexity index is 576. The molecule has 0 saturated carbocycles. The van der Waals surface area contributed by atoms with E-state index in [-0.39, 0.29) is 22.1 Å². The number of thiophene rings is 1. The van der Waals surface area contributed by atoms with Gasteiger partial charge in [-0.15, -0.1) is 11.3 Å². The summed E-state index contributed by atoms with van der Waals surface area (Å²) in [6.45, 7) is -0.0281. The molecule has 19 heavy (non-hydrogen) atoms. The number of hydrogen-bond acceptors (Lipinski definition) is 5. The zero-order chi connectivity index (χ0) is 14.6. The summed E-state index contributed by atoms with van der Waals surface area (Å²) in [5, 5.41) is 11.2. The minimum Gasteiger partial charge on any atom is -0.477 e. The molecule has 0 spiro atoms. The Kier molecular flexibility index (Phi) is 5.04. The molecule has 0 atom stereocenters. The van der Waals surface area contributed by atoms with E-state index in [9.17, 15) is 18.0 Å². The molecule has 1 heterocycles. The van der Waals surface area contributed by atoms with Crippen molar-refractivity contribution in [2.45, 2.75) is 0 Å². The summed E-state index contributed by atoms with van der Waals surface area (Å²) in [7, 11) is -0.532. The van der Waals surface area contributed by atoms with Crippen LogP contribution < -0.4 is 5.32 Å². The van der Waals surface area contributed by atoms with E-state index in [1.54, 1.807) is 0 Å². The average molecular weight is 306 g/mol. The molecule has 0 saturated heterocycles. The molecule has 1 aromatic rings. The largest absolute Gasteiger partial charge is 0.477 e. The number of aromatic carboxylic acids is 1. The van der Waals surface area contributed by atoms with Gasteiger partial charge in [-0.1, -0.05) is 0 Å². The number of rotatable bonds is 6. The number of hydrogen-bond donors (Lipinski definition) is 2. The predicted molar refractivity (Wildman–Crippen MR) is 71.1 cm³/mol. The molecule has 1 rings (SSSR count). The van der Waals surface area contributed by atoms with Crippen molar-refractivity contribution in [2.24, 2.45) is 0 Å². The van der Waals surface area contributed by atoms with Crippen molar-refractivity contribution < 1.29 is 23.1 Å². The Hall–Kier alpha value is -1.45. The van der Waals surface area contributed by atoms with Gasteiger partial charge in [0.25, 0.3) is 5.91 Å². The smallest absolute Gasteiger partial charge is 0.345 e. The van der Waals surface area contributed by atoms with Gasteiger partial charge in [-0.25, -0.2) is 17.5 Å². The van der Waals surface area contributed by atoms with Gasteiger partial charge in [0.2, 0.25) is 10.0 Å². The number of carbonyl (C=O) groups excluding carboxylic acids is 1. The maximum absolute atomic E-state index is 11.6. The van der Waals surface area contributed by atoms with E-state index in [0.717, 1.165) is 15.6 Å². The van der Waals surface area contributed by atoms with Crippen molar-refractivity contribution in [1.82, 2.24) is 9.62 Å². The summed E-state index contributed by atoms with van der Waals surface area (Å²) in [6.07, 6.45) is 0. The highest BCUT2D eigenvalue weighted by Crippen LogP contribution is 2.16. The molecule has 0 radical (unpaired) electrons. The van der Waals surface area contributed by atoms with E-state index in [2.05, 4.69) is 5.32 Å². The third-order valence-corrected chi connectivity index (χ3v) is 5.15. The molecule has 0 aromatic carbocycles. The number of nitrogens with zero attached hydrogens (tertiary/aromatic N) is 1. The number of amides is 1. The lowest BCUT2D eigenvalue weighted by molar-refractivity contribution is 0.0702. The highest BCUT2D eigenvalue weighted by molar-refractivity contribution is 7.89. The van der Waals surface area contributed by atoms with Crippen LogP contribution in [0.5, 0.6) is 0 Å².